The number of rotatable bonds is 6. The molecule has 2 N–H and O–H groups in total. The zero-order chi connectivity index (χ0) is 17.6. The molecule has 0 aliphatic rings. The van der Waals surface area contributed by atoms with Gasteiger partial charge >= 0.3 is 0 Å². The van der Waals surface area contributed by atoms with Crippen LogP contribution in [0.2, 0.25) is 5.02 Å². The van der Waals surface area contributed by atoms with Crippen LogP contribution in [0.5, 0.6) is 0 Å². The largest absolute Gasteiger partial charge is 0.399 e. The molecular formula is C23H24ClN. The van der Waals surface area contributed by atoms with Crippen molar-refractivity contribution in [3.63, 3.8) is 0 Å². The van der Waals surface area contributed by atoms with E-state index < -0.39 is 0 Å². The number of nitrogen functional groups attached to an aromatic ring is 1. The van der Waals surface area contributed by atoms with E-state index in [1.807, 2.05) is 30.3 Å². The van der Waals surface area contributed by atoms with Gasteiger partial charge in [0.25, 0.3) is 0 Å². The molecule has 3 aromatic carbocycles. The van der Waals surface area contributed by atoms with Crippen LogP contribution in [0.3, 0.4) is 0 Å². The molecule has 3 aromatic rings. The first kappa shape index (κ1) is 17.6. The van der Waals surface area contributed by atoms with Crippen LogP contribution in [0.15, 0.2) is 66.7 Å². The van der Waals surface area contributed by atoms with Gasteiger partial charge in [-0.3, -0.25) is 0 Å². The lowest BCUT2D eigenvalue weighted by Crippen LogP contribution is -1.87. The highest BCUT2D eigenvalue weighted by Gasteiger charge is 2.06. The zero-order valence-electron chi connectivity index (χ0n) is 14.6. The van der Waals surface area contributed by atoms with Gasteiger partial charge in [-0.15, -0.1) is 0 Å². The lowest BCUT2D eigenvalue weighted by molar-refractivity contribution is 0.717. The van der Waals surface area contributed by atoms with E-state index in [0.29, 0.717) is 0 Å². The van der Waals surface area contributed by atoms with Crippen LogP contribution in [-0.2, 0) is 6.42 Å². The van der Waals surface area contributed by atoms with E-state index >= 15 is 0 Å². The maximum absolute atomic E-state index is 6.54. The first-order valence-corrected chi connectivity index (χ1v) is 9.30. The molecule has 128 valence electrons. The third-order valence-corrected chi connectivity index (χ3v) is 4.86. The monoisotopic (exact) mass is 349 g/mol. The highest BCUT2D eigenvalue weighted by atomic mass is 35.5. The second kappa shape index (κ2) is 8.22. The summed E-state index contributed by atoms with van der Waals surface area (Å²) < 4.78 is 0. The second-order valence-electron chi connectivity index (χ2n) is 6.47. The Balaban J connectivity index is 1.79. The average molecular weight is 350 g/mol. The Kier molecular flexibility index (Phi) is 5.78. The van der Waals surface area contributed by atoms with Gasteiger partial charge in [-0.1, -0.05) is 79.9 Å². The van der Waals surface area contributed by atoms with E-state index in [1.54, 1.807) is 0 Å². The molecule has 3 rings (SSSR count). The van der Waals surface area contributed by atoms with Crippen LogP contribution in [-0.4, -0.2) is 0 Å². The molecule has 0 spiro atoms. The molecule has 0 aliphatic carbocycles. The highest BCUT2D eigenvalue weighted by molar-refractivity contribution is 6.33. The van der Waals surface area contributed by atoms with Crippen molar-refractivity contribution in [1.82, 2.24) is 0 Å². The Labute approximate surface area is 155 Å². The van der Waals surface area contributed by atoms with Crippen LogP contribution in [0, 0.1) is 0 Å². The smallest absolute Gasteiger partial charge is 0.0490 e. The Morgan fingerprint density at radius 1 is 0.760 bits per heavy atom. The number of hydrogen-bond donors (Lipinski definition) is 1. The molecule has 0 fully saturated rings. The maximum Gasteiger partial charge on any atom is 0.0490 e. The van der Waals surface area contributed by atoms with Crippen LogP contribution in [0.25, 0.3) is 22.3 Å². The number of nitrogens with two attached hydrogens (primary N) is 1. The van der Waals surface area contributed by atoms with Gasteiger partial charge in [-0.2, -0.15) is 0 Å². The van der Waals surface area contributed by atoms with Gasteiger partial charge in [-0.05, 0) is 53.3 Å². The number of hydrogen-bond acceptors (Lipinski definition) is 1. The van der Waals surface area contributed by atoms with Crippen molar-refractivity contribution >= 4 is 17.3 Å². The van der Waals surface area contributed by atoms with Crippen LogP contribution in [0.1, 0.15) is 31.7 Å². The van der Waals surface area contributed by atoms with Crippen molar-refractivity contribution in [2.75, 3.05) is 5.73 Å². The van der Waals surface area contributed by atoms with Gasteiger partial charge in [0.1, 0.15) is 0 Å². The fourth-order valence-corrected chi connectivity index (χ4v) is 3.32. The molecule has 0 saturated heterocycles. The maximum atomic E-state index is 6.54. The number of benzene rings is 3. The summed E-state index contributed by atoms with van der Waals surface area (Å²) in [5, 5.41) is 0.759. The summed E-state index contributed by atoms with van der Waals surface area (Å²) in [6, 6.07) is 22.9. The first-order chi connectivity index (χ1) is 12.2. The zero-order valence-corrected chi connectivity index (χ0v) is 15.4. The van der Waals surface area contributed by atoms with Gasteiger partial charge in [-0.25, -0.2) is 0 Å². The number of aryl methyl sites for hydroxylation is 1. The third kappa shape index (κ3) is 4.43. The summed E-state index contributed by atoms with van der Waals surface area (Å²) in [5.74, 6) is 0. The van der Waals surface area contributed by atoms with Crippen molar-refractivity contribution in [3.8, 4) is 22.3 Å². The molecular weight excluding hydrogens is 326 g/mol. The number of halogens is 1. The van der Waals surface area contributed by atoms with Gasteiger partial charge in [0.05, 0.1) is 0 Å². The summed E-state index contributed by atoms with van der Waals surface area (Å²) in [4.78, 5) is 0. The van der Waals surface area contributed by atoms with Gasteiger partial charge in [0.2, 0.25) is 0 Å². The molecule has 0 saturated carbocycles. The van der Waals surface area contributed by atoms with Gasteiger partial charge < -0.3 is 5.73 Å². The fourth-order valence-electron chi connectivity index (χ4n) is 3.03. The molecule has 0 unspecified atom stereocenters. The molecule has 0 aromatic heterocycles. The predicted molar refractivity (Wildman–Crippen MR) is 110 cm³/mol. The first-order valence-electron chi connectivity index (χ1n) is 8.92. The van der Waals surface area contributed by atoms with E-state index in [-0.39, 0.29) is 0 Å². The molecule has 0 amide bonds. The number of unbranched alkanes of at least 4 members (excludes halogenated alkanes) is 2. The fraction of sp³-hybridized carbons (Fsp3) is 0.217. The predicted octanol–water partition coefficient (Wildman–Crippen LogP) is 6.99. The van der Waals surface area contributed by atoms with Crippen LogP contribution in [0.4, 0.5) is 5.69 Å². The molecule has 0 radical (unpaired) electrons. The Morgan fingerprint density at radius 3 is 2.04 bits per heavy atom. The van der Waals surface area contributed by atoms with E-state index in [9.17, 15) is 0 Å². The molecule has 0 aliphatic heterocycles. The molecule has 0 bridgehead atoms. The lowest BCUT2D eigenvalue weighted by atomic mass is 9.98. The van der Waals surface area contributed by atoms with E-state index in [2.05, 4.69) is 43.3 Å². The van der Waals surface area contributed by atoms with Crippen molar-refractivity contribution in [3.05, 3.63) is 77.3 Å². The molecule has 1 nitrogen and oxygen atoms in total. The quantitative estimate of drug-likeness (QED) is 0.376. The van der Waals surface area contributed by atoms with Gasteiger partial charge in [0, 0.05) is 16.3 Å². The normalized spacial score (nSPS) is 10.8. The Hall–Kier alpha value is -2.25. The van der Waals surface area contributed by atoms with E-state index in [4.69, 9.17) is 17.3 Å². The summed E-state index contributed by atoms with van der Waals surface area (Å²) in [6.07, 6.45) is 4.98. The summed E-state index contributed by atoms with van der Waals surface area (Å²) in [7, 11) is 0. The Morgan fingerprint density at radius 2 is 1.40 bits per heavy atom. The van der Waals surface area contributed by atoms with E-state index in [0.717, 1.165) is 33.8 Å². The minimum Gasteiger partial charge on any atom is -0.399 e. The summed E-state index contributed by atoms with van der Waals surface area (Å²) in [6.45, 7) is 2.24. The lowest BCUT2D eigenvalue weighted by Gasteiger charge is -2.09. The third-order valence-electron chi connectivity index (χ3n) is 4.55. The van der Waals surface area contributed by atoms with Crippen LogP contribution < -0.4 is 5.73 Å². The minimum atomic E-state index is 0.759. The summed E-state index contributed by atoms with van der Waals surface area (Å²) in [5.41, 5.74) is 12.4. The molecule has 2 heteroatoms. The van der Waals surface area contributed by atoms with Gasteiger partial charge in [0.15, 0.2) is 0 Å². The summed E-state index contributed by atoms with van der Waals surface area (Å²) >= 11 is 6.54. The SMILES string of the molecule is CCCCCc1ccc(-c2ccc(-c3ccc(N)cc3)c(Cl)c2)cc1. The van der Waals surface area contributed by atoms with Crippen molar-refractivity contribution in [2.24, 2.45) is 0 Å². The number of anilines is 1. The standard InChI is InChI=1S/C23H24ClN/c1-2-3-4-5-17-6-8-18(9-7-17)20-12-15-22(23(24)16-20)19-10-13-21(25)14-11-19/h6-16H,2-5,25H2,1H3. The Bertz CT molecular complexity index is 820. The minimum absolute atomic E-state index is 0.759. The van der Waals surface area contributed by atoms with E-state index in [1.165, 1.54) is 30.4 Å². The average Bonchev–Trinajstić information content (AvgIpc) is 2.63. The highest BCUT2D eigenvalue weighted by Crippen LogP contribution is 2.32. The topological polar surface area (TPSA) is 26.0 Å². The van der Waals surface area contributed by atoms with Crippen molar-refractivity contribution in [2.45, 2.75) is 32.6 Å². The van der Waals surface area contributed by atoms with Crippen LogP contribution >= 0.6 is 11.6 Å². The molecule has 0 atom stereocenters. The molecule has 25 heavy (non-hydrogen) atoms. The van der Waals surface area contributed by atoms with Crippen molar-refractivity contribution < 1.29 is 0 Å². The van der Waals surface area contributed by atoms with Crippen molar-refractivity contribution in [1.29, 1.82) is 0 Å². The molecule has 0 heterocycles. The second-order valence-corrected chi connectivity index (χ2v) is 6.88.